The summed E-state index contributed by atoms with van der Waals surface area (Å²) < 4.78 is 12.9. The van der Waals surface area contributed by atoms with Crippen LogP contribution in [-0.2, 0) is 4.79 Å². The van der Waals surface area contributed by atoms with Crippen molar-refractivity contribution < 1.29 is 9.18 Å². The van der Waals surface area contributed by atoms with Crippen LogP contribution in [0.4, 0.5) is 15.8 Å². The van der Waals surface area contributed by atoms with Gasteiger partial charge in [-0.25, -0.2) is 4.39 Å². The van der Waals surface area contributed by atoms with Crippen LogP contribution >= 0.6 is 0 Å². The second kappa shape index (κ2) is 7.45. The fourth-order valence-electron chi connectivity index (χ4n) is 2.93. The number of amides is 1. The van der Waals surface area contributed by atoms with Gasteiger partial charge in [-0.05, 0) is 48.9 Å². The van der Waals surface area contributed by atoms with Gasteiger partial charge in [-0.1, -0.05) is 12.1 Å². The summed E-state index contributed by atoms with van der Waals surface area (Å²) in [5.41, 5.74) is 3.12. The summed E-state index contributed by atoms with van der Waals surface area (Å²) in [6, 6.07) is 14.3. The molecule has 0 radical (unpaired) electrons. The van der Waals surface area contributed by atoms with Gasteiger partial charge in [-0.15, -0.1) is 0 Å². The van der Waals surface area contributed by atoms with Crippen molar-refractivity contribution in [3.8, 4) is 0 Å². The van der Waals surface area contributed by atoms with Gasteiger partial charge in [-0.3, -0.25) is 9.69 Å². The van der Waals surface area contributed by atoms with Crippen molar-refractivity contribution in [2.75, 3.05) is 42.9 Å². The summed E-state index contributed by atoms with van der Waals surface area (Å²) in [6.07, 6.45) is 0. The van der Waals surface area contributed by atoms with E-state index in [-0.39, 0.29) is 11.7 Å². The predicted molar refractivity (Wildman–Crippen MR) is 94.9 cm³/mol. The highest BCUT2D eigenvalue weighted by Gasteiger charge is 2.19. The van der Waals surface area contributed by atoms with Crippen molar-refractivity contribution >= 4 is 17.3 Å². The van der Waals surface area contributed by atoms with Gasteiger partial charge in [0.15, 0.2) is 0 Å². The minimum atomic E-state index is -0.305. The van der Waals surface area contributed by atoms with E-state index in [1.54, 1.807) is 12.1 Å². The molecule has 24 heavy (non-hydrogen) atoms. The Morgan fingerprint density at radius 2 is 1.79 bits per heavy atom. The normalized spacial score (nSPS) is 15.3. The van der Waals surface area contributed by atoms with Gasteiger partial charge in [0.05, 0.1) is 6.54 Å². The number of nitrogens with one attached hydrogen (secondary N) is 1. The fraction of sp³-hybridized carbons (Fsp3) is 0.316. The second-order valence-electron chi connectivity index (χ2n) is 6.16. The van der Waals surface area contributed by atoms with Gasteiger partial charge < -0.3 is 10.2 Å². The third kappa shape index (κ3) is 4.32. The zero-order chi connectivity index (χ0) is 16.9. The van der Waals surface area contributed by atoms with Crippen molar-refractivity contribution in [1.82, 2.24) is 4.90 Å². The zero-order valence-corrected chi connectivity index (χ0v) is 13.8. The number of hydrogen-bond acceptors (Lipinski definition) is 3. The number of rotatable bonds is 4. The predicted octanol–water partition coefficient (Wildman–Crippen LogP) is 2.89. The van der Waals surface area contributed by atoms with Crippen molar-refractivity contribution in [2.24, 2.45) is 0 Å². The standard InChI is InChI=1S/C19H22FN3O/c1-15-3-2-4-18(13-15)23-11-9-22(10-12-23)14-19(24)21-17-7-5-16(20)6-8-17/h2-8,13H,9-12,14H2,1H3,(H,21,24). The molecule has 2 aromatic rings. The number of carbonyl (C=O) groups excluding carboxylic acids is 1. The van der Waals surface area contributed by atoms with Crippen LogP contribution in [0.25, 0.3) is 0 Å². The Labute approximate surface area is 141 Å². The highest BCUT2D eigenvalue weighted by Crippen LogP contribution is 2.17. The molecule has 2 aromatic carbocycles. The SMILES string of the molecule is Cc1cccc(N2CCN(CC(=O)Nc3ccc(F)cc3)CC2)c1. The topological polar surface area (TPSA) is 35.6 Å². The molecule has 0 aliphatic carbocycles. The molecule has 0 unspecified atom stereocenters. The molecule has 126 valence electrons. The van der Waals surface area contributed by atoms with Crippen molar-refractivity contribution in [3.63, 3.8) is 0 Å². The molecule has 1 heterocycles. The van der Waals surface area contributed by atoms with E-state index in [0.717, 1.165) is 26.2 Å². The molecule has 1 saturated heterocycles. The Morgan fingerprint density at radius 1 is 1.08 bits per heavy atom. The van der Waals surface area contributed by atoms with E-state index in [0.29, 0.717) is 12.2 Å². The minimum absolute atomic E-state index is 0.0642. The molecule has 0 spiro atoms. The summed E-state index contributed by atoms with van der Waals surface area (Å²) in [5.74, 6) is -0.370. The summed E-state index contributed by atoms with van der Waals surface area (Å²) in [6.45, 7) is 5.98. The maximum atomic E-state index is 12.9. The number of aryl methyl sites for hydroxylation is 1. The highest BCUT2D eigenvalue weighted by molar-refractivity contribution is 5.92. The lowest BCUT2D eigenvalue weighted by atomic mass is 10.2. The molecule has 1 fully saturated rings. The molecule has 0 atom stereocenters. The smallest absolute Gasteiger partial charge is 0.238 e. The lowest BCUT2D eigenvalue weighted by Crippen LogP contribution is -2.48. The first-order chi connectivity index (χ1) is 11.6. The van der Waals surface area contributed by atoms with E-state index < -0.39 is 0 Å². The Bertz CT molecular complexity index is 694. The molecule has 3 rings (SSSR count). The largest absolute Gasteiger partial charge is 0.369 e. The number of benzene rings is 2. The quantitative estimate of drug-likeness (QED) is 0.938. The molecule has 4 nitrogen and oxygen atoms in total. The lowest BCUT2D eigenvalue weighted by Gasteiger charge is -2.35. The van der Waals surface area contributed by atoms with Gasteiger partial charge in [-0.2, -0.15) is 0 Å². The van der Waals surface area contributed by atoms with E-state index in [2.05, 4.69) is 46.3 Å². The van der Waals surface area contributed by atoms with Crippen molar-refractivity contribution in [2.45, 2.75) is 6.92 Å². The average molecular weight is 327 g/mol. The van der Waals surface area contributed by atoms with Gasteiger partial charge in [0.1, 0.15) is 5.82 Å². The van der Waals surface area contributed by atoms with Crippen LogP contribution < -0.4 is 10.2 Å². The zero-order valence-electron chi connectivity index (χ0n) is 13.8. The van der Waals surface area contributed by atoms with Crippen molar-refractivity contribution in [3.05, 3.63) is 59.9 Å². The summed E-state index contributed by atoms with van der Waals surface area (Å²) in [5, 5.41) is 2.81. The lowest BCUT2D eigenvalue weighted by molar-refractivity contribution is -0.117. The molecular weight excluding hydrogens is 305 g/mol. The molecule has 0 aromatic heterocycles. The van der Waals surface area contributed by atoms with Crippen LogP contribution in [0.3, 0.4) is 0 Å². The van der Waals surface area contributed by atoms with E-state index in [4.69, 9.17) is 0 Å². The Balaban J connectivity index is 1.48. The van der Waals surface area contributed by atoms with E-state index >= 15 is 0 Å². The fourth-order valence-corrected chi connectivity index (χ4v) is 2.93. The maximum absolute atomic E-state index is 12.9. The second-order valence-corrected chi connectivity index (χ2v) is 6.16. The molecule has 1 N–H and O–H groups in total. The third-order valence-electron chi connectivity index (χ3n) is 4.23. The van der Waals surface area contributed by atoms with Crippen LogP contribution in [0.15, 0.2) is 48.5 Å². The molecule has 5 heteroatoms. The van der Waals surface area contributed by atoms with E-state index in [1.807, 2.05) is 0 Å². The highest BCUT2D eigenvalue weighted by atomic mass is 19.1. The maximum Gasteiger partial charge on any atom is 0.238 e. The van der Waals surface area contributed by atoms with Gasteiger partial charge in [0.25, 0.3) is 0 Å². The van der Waals surface area contributed by atoms with Crippen molar-refractivity contribution in [1.29, 1.82) is 0 Å². The summed E-state index contributed by atoms with van der Waals surface area (Å²) >= 11 is 0. The molecular formula is C19H22FN3O. The molecule has 0 saturated carbocycles. The molecule has 0 bridgehead atoms. The number of hydrogen-bond donors (Lipinski definition) is 1. The summed E-state index contributed by atoms with van der Waals surface area (Å²) in [7, 11) is 0. The molecule has 1 aliphatic rings. The Morgan fingerprint density at radius 3 is 2.46 bits per heavy atom. The Hall–Kier alpha value is -2.40. The van der Waals surface area contributed by atoms with Crippen LogP contribution in [0.1, 0.15) is 5.56 Å². The van der Waals surface area contributed by atoms with E-state index in [1.165, 1.54) is 23.4 Å². The first-order valence-corrected chi connectivity index (χ1v) is 8.19. The first-order valence-electron chi connectivity index (χ1n) is 8.19. The average Bonchev–Trinajstić information content (AvgIpc) is 2.58. The number of carbonyl (C=O) groups is 1. The first kappa shape index (κ1) is 16.5. The van der Waals surface area contributed by atoms with Gasteiger partial charge in [0, 0.05) is 37.6 Å². The van der Waals surface area contributed by atoms with Crippen LogP contribution in [0, 0.1) is 12.7 Å². The van der Waals surface area contributed by atoms with Crippen LogP contribution in [0.2, 0.25) is 0 Å². The number of piperazine rings is 1. The Kier molecular flexibility index (Phi) is 5.11. The minimum Gasteiger partial charge on any atom is -0.369 e. The van der Waals surface area contributed by atoms with Crippen LogP contribution in [0.5, 0.6) is 0 Å². The van der Waals surface area contributed by atoms with Gasteiger partial charge >= 0.3 is 0 Å². The van der Waals surface area contributed by atoms with Crippen LogP contribution in [-0.4, -0.2) is 43.5 Å². The monoisotopic (exact) mass is 327 g/mol. The molecule has 1 amide bonds. The van der Waals surface area contributed by atoms with Gasteiger partial charge in [0.2, 0.25) is 5.91 Å². The number of anilines is 2. The summed E-state index contributed by atoms with van der Waals surface area (Å²) in [4.78, 5) is 16.6. The third-order valence-corrected chi connectivity index (χ3v) is 4.23. The number of halogens is 1. The number of nitrogens with zero attached hydrogens (tertiary/aromatic N) is 2. The molecule has 1 aliphatic heterocycles. The van der Waals surface area contributed by atoms with E-state index in [9.17, 15) is 9.18 Å².